The minimum atomic E-state index is -0.141. The van der Waals surface area contributed by atoms with Crippen LogP contribution in [0.3, 0.4) is 0 Å². The number of hydrogen-bond acceptors (Lipinski definition) is 2. The molecule has 2 nitrogen and oxygen atoms in total. The van der Waals surface area contributed by atoms with Gasteiger partial charge in [0.2, 0.25) is 0 Å². The molecule has 3 aliphatic carbocycles. The van der Waals surface area contributed by atoms with Gasteiger partial charge in [-0.15, -0.1) is 0 Å². The van der Waals surface area contributed by atoms with Gasteiger partial charge >= 0.3 is 0 Å². The standard InChI is InChI=1S/C18H32O2/c1-5-20-13-6-7-14(16(19)11-13)15-10-12-8-9-18(15,4)17(12,2)3/h12-16,19H,5-11H2,1-4H3/t12-,13?,14?,15+,16?,18+/m0/s1. The smallest absolute Gasteiger partial charge is 0.0599 e. The van der Waals surface area contributed by atoms with Crippen molar-refractivity contribution in [2.24, 2.45) is 28.6 Å². The number of aliphatic hydroxyl groups excluding tert-OH is 1. The molecular weight excluding hydrogens is 248 g/mol. The second kappa shape index (κ2) is 4.98. The van der Waals surface area contributed by atoms with Crippen LogP contribution in [0.4, 0.5) is 0 Å². The van der Waals surface area contributed by atoms with Crippen LogP contribution in [0.1, 0.15) is 66.2 Å². The zero-order valence-corrected chi connectivity index (χ0v) is 13.7. The number of rotatable bonds is 3. The molecule has 0 saturated heterocycles. The van der Waals surface area contributed by atoms with Crippen molar-refractivity contribution < 1.29 is 9.84 Å². The molecule has 0 aromatic carbocycles. The Balaban J connectivity index is 1.72. The number of hydrogen-bond donors (Lipinski definition) is 1. The van der Waals surface area contributed by atoms with Crippen LogP contribution in [0.15, 0.2) is 0 Å². The summed E-state index contributed by atoms with van der Waals surface area (Å²) in [7, 11) is 0. The lowest BCUT2D eigenvalue weighted by atomic mass is 9.60. The van der Waals surface area contributed by atoms with E-state index in [0.29, 0.717) is 22.9 Å². The Bertz CT molecular complexity index is 364. The molecule has 0 aromatic rings. The maximum atomic E-state index is 10.7. The second-order valence-corrected chi connectivity index (χ2v) is 8.34. The minimum Gasteiger partial charge on any atom is -0.393 e. The van der Waals surface area contributed by atoms with Gasteiger partial charge in [0.25, 0.3) is 0 Å². The Labute approximate surface area is 124 Å². The summed E-state index contributed by atoms with van der Waals surface area (Å²) in [6, 6.07) is 0. The average molecular weight is 280 g/mol. The minimum absolute atomic E-state index is 0.141. The van der Waals surface area contributed by atoms with E-state index < -0.39 is 0 Å². The van der Waals surface area contributed by atoms with Crippen molar-refractivity contribution in [1.29, 1.82) is 0 Å². The van der Waals surface area contributed by atoms with Crippen molar-refractivity contribution in [1.82, 2.24) is 0 Å². The fourth-order valence-corrected chi connectivity index (χ4v) is 5.90. The Morgan fingerprint density at radius 3 is 2.35 bits per heavy atom. The van der Waals surface area contributed by atoms with Crippen molar-refractivity contribution >= 4 is 0 Å². The molecule has 0 heterocycles. The highest BCUT2D eigenvalue weighted by atomic mass is 16.5. The fraction of sp³-hybridized carbons (Fsp3) is 1.00. The Kier molecular flexibility index (Phi) is 3.70. The van der Waals surface area contributed by atoms with Crippen LogP contribution in [0, 0.1) is 28.6 Å². The summed E-state index contributed by atoms with van der Waals surface area (Å²) >= 11 is 0. The Morgan fingerprint density at radius 2 is 1.85 bits per heavy atom. The molecule has 0 radical (unpaired) electrons. The van der Waals surface area contributed by atoms with E-state index in [-0.39, 0.29) is 6.10 Å². The van der Waals surface area contributed by atoms with Crippen LogP contribution in [0.5, 0.6) is 0 Å². The monoisotopic (exact) mass is 280 g/mol. The molecule has 2 bridgehead atoms. The first-order valence-electron chi connectivity index (χ1n) is 8.69. The maximum Gasteiger partial charge on any atom is 0.0599 e. The maximum absolute atomic E-state index is 10.7. The van der Waals surface area contributed by atoms with E-state index in [2.05, 4.69) is 27.7 Å². The molecule has 0 aliphatic heterocycles. The summed E-state index contributed by atoms with van der Waals surface area (Å²) < 4.78 is 5.73. The zero-order chi connectivity index (χ0) is 14.5. The van der Waals surface area contributed by atoms with Crippen LogP contribution >= 0.6 is 0 Å². The lowest BCUT2D eigenvalue weighted by molar-refractivity contribution is -0.0722. The van der Waals surface area contributed by atoms with Gasteiger partial charge in [0, 0.05) is 6.61 Å². The van der Waals surface area contributed by atoms with E-state index in [1.165, 1.54) is 19.3 Å². The van der Waals surface area contributed by atoms with Crippen LogP contribution in [-0.4, -0.2) is 23.9 Å². The van der Waals surface area contributed by atoms with Gasteiger partial charge in [0.15, 0.2) is 0 Å². The third kappa shape index (κ3) is 1.98. The quantitative estimate of drug-likeness (QED) is 0.846. The van der Waals surface area contributed by atoms with Crippen LogP contribution in [0.2, 0.25) is 0 Å². The predicted octanol–water partition coefficient (Wildman–Crippen LogP) is 4.01. The molecule has 3 fully saturated rings. The molecule has 3 rings (SSSR count). The summed E-state index contributed by atoms with van der Waals surface area (Å²) in [6.45, 7) is 10.3. The summed E-state index contributed by atoms with van der Waals surface area (Å²) in [4.78, 5) is 0. The molecule has 3 saturated carbocycles. The van der Waals surface area contributed by atoms with E-state index >= 15 is 0 Å². The average Bonchev–Trinajstić information content (AvgIpc) is 2.72. The first-order valence-corrected chi connectivity index (χ1v) is 8.69. The van der Waals surface area contributed by atoms with Crippen molar-refractivity contribution in [3.8, 4) is 0 Å². The van der Waals surface area contributed by atoms with E-state index in [4.69, 9.17) is 4.74 Å². The summed E-state index contributed by atoms with van der Waals surface area (Å²) in [5, 5.41) is 10.7. The molecule has 20 heavy (non-hydrogen) atoms. The highest BCUT2D eigenvalue weighted by molar-refractivity contribution is 5.12. The summed E-state index contributed by atoms with van der Waals surface area (Å²) in [5.41, 5.74) is 0.913. The Hall–Kier alpha value is -0.0800. The molecule has 1 N–H and O–H groups in total. The molecule has 0 amide bonds. The van der Waals surface area contributed by atoms with Crippen molar-refractivity contribution in [3.63, 3.8) is 0 Å². The van der Waals surface area contributed by atoms with Gasteiger partial charge in [-0.1, -0.05) is 20.8 Å². The molecule has 6 atom stereocenters. The van der Waals surface area contributed by atoms with Crippen LogP contribution < -0.4 is 0 Å². The molecule has 0 spiro atoms. The van der Waals surface area contributed by atoms with E-state index in [0.717, 1.165) is 37.7 Å². The van der Waals surface area contributed by atoms with Gasteiger partial charge < -0.3 is 9.84 Å². The highest BCUT2D eigenvalue weighted by Gasteiger charge is 2.63. The van der Waals surface area contributed by atoms with Crippen molar-refractivity contribution in [3.05, 3.63) is 0 Å². The third-order valence-corrected chi connectivity index (χ3v) is 7.60. The van der Waals surface area contributed by atoms with E-state index in [9.17, 15) is 5.11 Å². The van der Waals surface area contributed by atoms with Gasteiger partial charge in [0.05, 0.1) is 12.2 Å². The number of fused-ring (bicyclic) bond motifs is 2. The van der Waals surface area contributed by atoms with Gasteiger partial charge in [-0.05, 0) is 74.0 Å². The summed E-state index contributed by atoms with van der Waals surface area (Å²) in [5.74, 6) is 2.13. The lowest BCUT2D eigenvalue weighted by Crippen LogP contribution is -2.43. The van der Waals surface area contributed by atoms with Gasteiger partial charge in [0.1, 0.15) is 0 Å². The first-order chi connectivity index (χ1) is 9.40. The SMILES string of the molecule is CCOC1CCC([C@H]2C[C@@H]3CC[C@@]2(C)C3(C)C)C(O)C1. The molecule has 0 aromatic heterocycles. The van der Waals surface area contributed by atoms with E-state index in [1.54, 1.807) is 0 Å². The van der Waals surface area contributed by atoms with Gasteiger partial charge in [-0.2, -0.15) is 0 Å². The lowest BCUT2D eigenvalue weighted by Gasteiger charge is -2.46. The Morgan fingerprint density at radius 1 is 1.10 bits per heavy atom. The van der Waals surface area contributed by atoms with Crippen molar-refractivity contribution in [2.75, 3.05) is 6.61 Å². The van der Waals surface area contributed by atoms with Gasteiger partial charge in [-0.3, -0.25) is 0 Å². The number of ether oxygens (including phenoxy) is 1. The van der Waals surface area contributed by atoms with Gasteiger partial charge in [-0.25, -0.2) is 0 Å². The normalized spacial score (nSPS) is 50.5. The van der Waals surface area contributed by atoms with Crippen LogP contribution in [-0.2, 0) is 4.74 Å². The third-order valence-electron chi connectivity index (χ3n) is 7.60. The first kappa shape index (κ1) is 14.8. The van der Waals surface area contributed by atoms with E-state index in [1.807, 2.05) is 0 Å². The predicted molar refractivity (Wildman–Crippen MR) is 81.5 cm³/mol. The molecule has 2 heteroatoms. The molecule has 3 aliphatic rings. The zero-order valence-electron chi connectivity index (χ0n) is 13.7. The fourth-order valence-electron chi connectivity index (χ4n) is 5.90. The highest BCUT2D eigenvalue weighted by Crippen LogP contribution is 2.70. The largest absolute Gasteiger partial charge is 0.393 e. The second-order valence-electron chi connectivity index (χ2n) is 8.34. The topological polar surface area (TPSA) is 29.5 Å². The molecule has 116 valence electrons. The molecule has 3 unspecified atom stereocenters. The van der Waals surface area contributed by atoms with Crippen LogP contribution in [0.25, 0.3) is 0 Å². The molecular formula is C18H32O2. The summed E-state index contributed by atoms with van der Waals surface area (Å²) in [6.07, 6.45) is 7.45. The van der Waals surface area contributed by atoms with Crippen molar-refractivity contribution in [2.45, 2.75) is 78.4 Å². The number of aliphatic hydroxyl groups is 1.